The number of hydrogen-bond acceptors (Lipinski definition) is 3. The van der Waals surface area contributed by atoms with Gasteiger partial charge in [0, 0.05) is 13.1 Å². The number of piperidine rings is 1. The normalized spacial score (nSPS) is 22.6. The second-order valence-electron chi connectivity index (χ2n) is 4.53. The number of carbonyl (C=O) groups excluding carboxylic acids is 1. The zero-order valence-electron chi connectivity index (χ0n) is 10.5. The van der Waals surface area contributed by atoms with E-state index in [1.54, 1.807) is 0 Å². The van der Waals surface area contributed by atoms with Crippen molar-refractivity contribution in [1.82, 2.24) is 4.90 Å². The molecule has 4 nitrogen and oxygen atoms in total. The molecule has 0 aromatic heterocycles. The Morgan fingerprint density at radius 2 is 2.21 bits per heavy atom. The van der Waals surface area contributed by atoms with Gasteiger partial charge in [0.1, 0.15) is 12.8 Å². The van der Waals surface area contributed by atoms with E-state index in [1.165, 1.54) is 4.90 Å². The fraction of sp³-hybridized carbons (Fsp3) is 0.429. The van der Waals surface area contributed by atoms with Crippen LogP contribution in [0.15, 0.2) is 30.3 Å². The van der Waals surface area contributed by atoms with Crippen LogP contribution in [0.5, 0.6) is 0 Å². The van der Waals surface area contributed by atoms with Crippen molar-refractivity contribution in [1.29, 1.82) is 5.26 Å². The lowest BCUT2D eigenvalue weighted by Gasteiger charge is -2.31. The van der Waals surface area contributed by atoms with Crippen LogP contribution in [0.2, 0.25) is 0 Å². The predicted molar refractivity (Wildman–Crippen MR) is 66.8 cm³/mol. The van der Waals surface area contributed by atoms with E-state index in [2.05, 4.69) is 0 Å². The minimum Gasteiger partial charge on any atom is -0.445 e. The summed E-state index contributed by atoms with van der Waals surface area (Å²) in [5.74, 6) is -0.752. The third-order valence-electron chi connectivity index (χ3n) is 3.16. The highest BCUT2D eigenvalue weighted by molar-refractivity contribution is 5.67. The zero-order chi connectivity index (χ0) is 13.7. The number of halogens is 1. The summed E-state index contributed by atoms with van der Waals surface area (Å²) in [4.78, 5) is 13.2. The van der Waals surface area contributed by atoms with E-state index in [0.29, 0.717) is 6.54 Å². The first kappa shape index (κ1) is 13.3. The van der Waals surface area contributed by atoms with Crippen LogP contribution < -0.4 is 0 Å². The summed E-state index contributed by atoms with van der Waals surface area (Å²) >= 11 is 0. The average Bonchev–Trinajstić information content (AvgIpc) is 2.46. The van der Waals surface area contributed by atoms with Gasteiger partial charge in [0.05, 0.1) is 12.0 Å². The Labute approximate surface area is 111 Å². The van der Waals surface area contributed by atoms with Gasteiger partial charge in [-0.3, -0.25) is 0 Å². The van der Waals surface area contributed by atoms with Crippen molar-refractivity contribution in [2.24, 2.45) is 5.92 Å². The summed E-state index contributed by atoms with van der Waals surface area (Å²) in [6.45, 7) is 0.588. The second kappa shape index (κ2) is 6.19. The van der Waals surface area contributed by atoms with Crippen molar-refractivity contribution in [2.45, 2.75) is 19.2 Å². The van der Waals surface area contributed by atoms with Crippen LogP contribution in [0.25, 0.3) is 0 Å². The number of nitrogens with zero attached hydrogens (tertiary/aromatic N) is 2. The van der Waals surface area contributed by atoms with Gasteiger partial charge in [-0.05, 0) is 12.0 Å². The molecule has 0 N–H and O–H groups in total. The third kappa shape index (κ3) is 3.44. The summed E-state index contributed by atoms with van der Waals surface area (Å²) in [6.07, 6.45) is -1.45. The van der Waals surface area contributed by atoms with E-state index < -0.39 is 18.2 Å². The maximum absolute atomic E-state index is 13.3. The molecule has 1 fully saturated rings. The van der Waals surface area contributed by atoms with Gasteiger partial charge in [-0.15, -0.1) is 0 Å². The number of alkyl halides is 1. The molecule has 1 aliphatic heterocycles. The van der Waals surface area contributed by atoms with Crippen molar-refractivity contribution in [3.8, 4) is 6.07 Å². The smallest absolute Gasteiger partial charge is 0.410 e. The van der Waals surface area contributed by atoms with Crippen molar-refractivity contribution < 1.29 is 13.9 Å². The molecule has 1 saturated heterocycles. The predicted octanol–water partition coefficient (Wildman–Crippen LogP) is 2.51. The van der Waals surface area contributed by atoms with Crippen LogP contribution in [0.4, 0.5) is 9.18 Å². The van der Waals surface area contributed by atoms with Crippen LogP contribution >= 0.6 is 0 Å². The highest BCUT2D eigenvalue weighted by atomic mass is 19.1. The van der Waals surface area contributed by atoms with Crippen molar-refractivity contribution in [3.05, 3.63) is 35.9 Å². The molecule has 0 aliphatic carbocycles. The van der Waals surface area contributed by atoms with Gasteiger partial charge in [-0.1, -0.05) is 30.3 Å². The molecule has 0 unspecified atom stereocenters. The van der Waals surface area contributed by atoms with Gasteiger partial charge in [0.2, 0.25) is 0 Å². The first-order chi connectivity index (χ1) is 9.20. The van der Waals surface area contributed by atoms with E-state index in [-0.39, 0.29) is 19.6 Å². The van der Waals surface area contributed by atoms with E-state index in [1.807, 2.05) is 36.4 Å². The maximum Gasteiger partial charge on any atom is 0.410 e. The van der Waals surface area contributed by atoms with E-state index in [0.717, 1.165) is 5.56 Å². The lowest BCUT2D eigenvalue weighted by atomic mass is 9.98. The lowest BCUT2D eigenvalue weighted by Crippen LogP contribution is -2.44. The molecule has 5 heteroatoms. The van der Waals surface area contributed by atoms with Gasteiger partial charge in [0.15, 0.2) is 0 Å². The highest BCUT2D eigenvalue weighted by Gasteiger charge is 2.32. The Morgan fingerprint density at radius 1 is 1.47 bits per heavy atom. The molecule has 1 aromatic rings. The highest BCUT2D eigenvalue weighted by Crippen LogP contribution is 2.20. The number of benzene rings is 1. The molecular weight excluding hydrogens is 247 g/mol. The molecule has 0 spiro atoms. The molecular formula is C14H15FN2O2. The topological polar surface area (TPSA) is 53.3 Å². The van der Waals surface area contributed by atoms with Gasteiger partial charge < -0.3 is 9.64 Å². The van der Waals surface area contributed by atoms with Crippen LogP contribution in [-0.2, 0) is 11.3 Å². The number of likely N-dealkylation sites (tertiary alicyclic amines) is 1. The van der Waals surface area contributed by atoms with Gasteiger partial charge >= 0.3 is 6.09 Å². The second-order valence-corrected chi connectivity index (χ2v) is 4.53. The molecule has 1 aliphatic rings. The molecule has 0 bridgehead atoms. The number of ether oxygens (including phenoxy) is 1. The minimum absolute atomic E-state index is 0.102. The van der Waals surface area contributed by atoms with Gasteiger partial charge in [-0.25, -0.2) is 9.18 Å². The fourth-order valence-electron chi connectivity index (χ4n) is 2.02. The molecule has 0 radical (unpaired) electrons. The summed E-state index contributed by atoms with van der Waals surface area (Å²) in [5, 5.41) is 8.80. The average molecular weight is 262 g/mol. The van der Waals surface area contributed by atoms with E-state index in [9.17, 15) is 9.18 Å². The summed E-state index contributed by atoms with van der Waals surface area (Å²) in [6, 6.07) is 11.2. The van der Waals surface area contributed by atoms with E-state index in [4.69, 9.17) is 10.00 Å². The Kier molecular flexibility index (Phi) is 4.35. The zero-order valence-corrected chi connectivity index (χ0v) is 10.5. The van der Waals surface area contributed by atoms with Gasteiger partial charge in [0.25, 0.3) is 0 Å². The molecule has 100 valence electrons. The monoisotopic (exact) mass is 262 g/mol. The number of hydrogen-bond donors (Lipinski definition) is 0. The number of carbonyl (C=O) groups is 1. The standard InChI is InChI=1S/C14H15FN2O2/c15-13-6-7-17(9-12(13)8-16)14(18)19-10-11-4-2-1-3-5-11/h1-5,12-13H,6-7,9-10H2/t12-,13-/m1/s1. The Balaban J connectivity index is 1.85. The molecule has 1 aromatic carbocycles. The quantitative estimate of drug-likeness (QED) is 0.822. The minimum atomic E-state index is -1.15. The maximum atomic E-state index is 13.3. The SMILES string of the molecule is N#C[C@@H]1CN(C(=O)OCc2ccccc2)CC[C@H]1F. The largest absolute Gasteiger partial charge is 0.445 e. The Morgan fingerprint density at radius 3 is 2.89 bits per heavy atom. The number of amides is 1. The summed E-state index contributed by atoms with van der Waals surface area (Å²) < 4.78 is 18.5. The van der Waals surface area contributed by atoms with Crippen molar-refractivity contribution in [2.75, 3.05) is 13.1 Å². The van der Waals surface area contributed by atoms with Crippen molar-refractivity contribution in [3.63, 3.8) is 0 Å². The number of rotatable bonds is 2. The first-order valence-corrected chi connectivity index (χ1v) is 6.20. The van der Waals surface area contributed by atoms with Crippen LogP contribution in [-0.4, -0.2) is 30.3 Å². The van der Waals surface area contributed by atoms with Crippen LogP contribution in [0.1, 0.15) is 12.0 Å². The third-order valence-corrected chi connectivity index (χ3v) is 3.16. The molecule has 1 heterocycles. The number of nitriles is 1. The van der Waals surface area contributed by atoms with Crippen LogP contribution in [0, 0.1) is 17.2 Å². The summed E-state index contributed by atoms with van der Waals surface area (Å²) in [5.41, 5.74) is 0.896. The Bertz CT molecular complexity index is 472. The summed E-state index contributed by atoms with van der Waals surface area (Å²) in [7, 11) is 0. The molecule has 2 rings (SSSR count). The lowest BCUT2D eigenvalue weighted by molar-refractivity contribution is 0.0655. The van der Waals surface area contributed by atoms with Crippen LogP contribution in [0.3, 0.4) is 0 Å². The van der Waals surface area contributed by atoms with Crippen molar-refractivity contribution >= 4 is 6.09 Å². The van der Waals surface area contributed by atoms with E-state index >= 15 is 0 Å². The first-order valence-electron chi connectivity index (χ1n) is 6.20. The molecule has 0 saturated carbocycles. The molecule has 1 amide bonds. The molecule has 2 atom stereocenters. The Hall–Kier alpha value is -2.09. The van der Waals surface area contributed by atoms with Gasteiger partial charge in [-0.2, -0.15) is 5.26 Å². The molecule has 19 heavy (non-hydrogen) atoms. The fourth-order valence-corrected chi connectivity index (χ4v) is 2.02.